The molecular weight excluding hydrogens is 164 g/mol. The van der Waals surface area contributed by atoms with Crippen molar-refractivity contribution in [1.82, 2.24) is 10.5 Å². The van der Waals surface area contributed by atoms with Crippen molar-refractivity contribution in [3.05, 3.63) is 17.5 Å². The van der Waals surface area contributed by atoms with Gasteiger partial charge in [0.05, 0.1) is 6.20 Å². The molecule has 1 aromatic heterocycles. The number of hydrogen-bond donors (Lipinski definition) is 1. The Hall–Kier alpha value is -0.830. The summed E-state index contributed by atoms with van der Waals surface area (Å²) >= 11 is 0. The van der Waals surface area contributed by atoms with Gasteiger partial charge in [-0.1, -0.05) is 5.16 Å². The van der Waals surface area contributed by atoms with E-state index in [0.29, 0.717) is 11.5 Å². The summed E-state index contributed by atoms with van der Waals surface area (Å²) in [5, 5.41) is 7.28. The van der Waals surface area contributed by atoms with Gasteiger partial charge in [0.15, 0.2) is 0 Å². The molecule has 0 radical (unpaired) electrons. The number of aryl methyl sites for hydroxylation is 1. The van der Waals surface area contributed by atoms with Crippen LogP contribution in [-0.2, 0) is 6.42 Å². The third kappa shape index (κ3) is 0.908. The number of nitrogens with zero attached hydrogens (tertiary/aromatic N) is 1. The highest BCUT2D eigenvalue weighted by molar-refractivity contribution is 5.28. The summed E-state index contributed by atoms with van der Waals surface area (Å²) in [6, 6.07) is 0.488. The van der Waals surface area contributed by atoms with Crippen molar-refractivity contribution in [3.8, 4) is 0 Å². The van der Waals surface area contributed by atoms with E-state index in [1.54, 1.807) is 0 Å². The second-order valence-corrected chi connectivity index (χ2v) is 4.29. The molecule has 1 saturated carbocycles. The largest absolute Gasteiger partial charge is 0.361 e. The molecule has 2 aliphatic rings. The Labute approximate surface area is 77.5 Å². The molecule has 1 unspecified atom stereocenters. The smallest absolute Gasteiger partial charge is 0.141 e. The van der Waals surface area contributed by atoms with Crippen molar-refractivity contribution in [2.45, 2.75) is 31.7 Å². The van der Waals surface area contributed by atoms with E-state index in [9.17, 15) is 0 Å². The maximum atomic E-state index is 5.22. The molecule has 0 saturated heterocycles. The number of fused-ring (bicyclic) bond motifs is 1. The summed E-state index contributed by atoms with van der Waals surface area (Å²) in [6.07, 6.45) is 6.95. The fourth-order valence-electron chi connectivity index (χ4n) is 2.69. The number of rotatable bonds is 1. The highest BCUT2D eigenvalue weighted by atomic mass is 16.5. The van der Waals surface area contributed by atoms with E-state index >= 15 is 0 Å². The third-order valence-corrected chi connectivity index (χ3v) is 3.63. The summed E-state index contributed by atoms with van der Waals surface area (Å²) in [6.45, 7) is 0. The van der Waals surface area contributed by atoms with Gasteiger partial charge in [0.1, 0.15) is 5.76 Å². The predicted octanol–water partition coefficient (Wildman–Crippen LogP) is 1.66. The number of nitrogens with one attached hydrogen (secondary N) is 1. The highest BCUT2D eigenvalue weighted by Crippen LogP contribution is 2.60. The van der Waals surface area contributed by atoms with Crippen molar-refractivity contribution < 1.29 is 4.52 Å². The summed E-state index contributed by atoms with van der Waals surface area (Å²) in [4.78, 5) is 0. The fraction of sp³-hybridized carbons (Fsp3) is 0.700. The summed E-state index contributed by atoms with van der Waals surface area (Å²) in [5.41, 5.74) is 1.85. The molecule has 0 aliphatic heterocycles. The third-order valence-electron chi connectivity index (χ3n) is 3.63. The van der Waals surface area contributed by atoms with Crippen LogP contribution in [0.5, 0.6) is 0 Å². The maximum Gasteiger partial charge on any atom is 0.141 e. The van der Waals surface area contributed by atoms with Crippen LogP contribution >= 0.6 is 0 Å². The van der Waals surface area contributed by atoms with Crippen LogP contribution < -0.4 is 5.32 Å². The van der Waals surface area contributed by atoms with Crippen LogP contribution in [0, 0.1) is 5.41 Å². The SMILES string of the molecule is CNC1c2cnoc2CCC12CC2. The minimum Gasteiger partial charge on any atom is -0.361 e. The van der Waals surface area contributed by atoms with E-state index < -0.39 is 0 Å². The zero-order valence-corrected chi connectivity index (χ0v) is 7.84. The Morgan fingerprint density at radius 1 is 1.54 bits per heavy atom. The van der Waals surface area contributed by atoms with E-state index in [1.807, 2.05) is 13.2 Å². The predicted molar refractivity (Wildman–Crippen MR) is 48.3 cm³/mol. The standard InChI is InChI=1S/C10H14N2O/c1-11-9-7-6-12-13-8(7)2-3-10(9)4-5-10/h6,9,11H,2-5H2,1H3. The van der Waals surface area contributed by atoms with Gasteiger partial charge in [-0.2, -0.15) is 0 Å². The Morgan fingerprint density at radius 2 is 2.38 bits per heavy atom. The van der Waals surface area contributed by atoms with Gasteiger partial charge in [-0.05, 0) is 31.7 Å². The average Bonchev–Trinajstić information content (AvgIpc) is 2.76. The molecule has 1 atom stereocenters. The second-order valence-electron chi connectivity index (χ2n) is 4.29. The molecule has 0 amide bonds. The van der Waals surface area contributed by atoms with Crippen LogP contribution in [0.2, 0.25) is 0 Å². The first-order valence-electron chi connectivity index (χ1n) is 4.96. The molecule has 13 heavy (non-hydrogen) atoms. The monoisotopic (exact) mass is 178 g/mol. The Morgan fingerprint density at radius 3 is 3.08 bits per heavy atom. The van der Waals surface area contributed by atoms with Gasteiger partial charge in [0, 0.05) is 18.0 Å². The molecule has 1 heterocycles. The number of aromatic nitrogens is 1. The molecule has 0 bridgehead atoms. The van der Waals surface area contributed by atoms with Crippen LogP contribution in [0.4, 0.5) is 0 Å². The van der Waals surface area contributed by atoms with Gasteiger partial charge in [-0.3, -0.25) is 0 Å². The molecule has 70 valence electrons. The van der Waals surface area contributed by atoms with E-state index in [-0.39, 0.29) is 0 Å². The lowest BCUT2D eigenvalue weighted by molar-refractivity contribution is 0.280. The Bertz CT molecular complexity index is 327. The van der Waals surface area contributed by atoms with Crippen LogP contribution in [0.1, 0.15) is 36.6 Å². The van der Waals surface area contributed by atoms with Crippen molar-refractivity contribution in [2.75, 3.05) is 7.05 Å². The molecule has 3 nitrogen and oxygen atoms in total. The average molecular weight is 178 g/mol. The van der Waals surface area contributed by atoms with E-state index in [2.05, 4.69) is 10.5 Å². The Kier molecular flexibility index (Phi) is 1.37. The molecule has 3 heteroatoms. The summed E-state index contributed by atoms with van der Waals surface area (Å²) < 4.78 is 5.22. The van der Waals surface area contributed by atoms with Gasteiger partial charge in [-0.25, -0.2) is 0 Å². The lowest BCUT2D eigenvalue weighted by Gasteiger charge is -2.30. The molecule has 3 rings (SSSR count). The van der Waals surface area contributed by atoms with Crippen molar-refractivity contribution in [3.63, 3.8) is 0 Å². The molecule has 1 fully saturated rings. The minimum absolute atomic E-state index is 0.488. The molecular formula is C10H14N2O. The molecule has 2 aliphatic carbocycles. The molecule has 1 aromatic rings. The van der Waals surface area contributed by atoms with Crippen LogP contribution in [0.3, 0.4) is 0 Å². The summed E-state index contributed by atoms with van der Waals surface area (Å²) in [5.74, 6) is 1.09. The maximum absolute atomic E-state index is 5.22. The molecule has 1 N–H and O–H groups in total. The highest BCUT2D eigenvalue weighted by Gasteiger charge is 2.52. The van der Waals surface area contributed by atoms with Crippen molar-refractivity contribution in [1.29, 1.82) is 0 Å². The van der Waals surface area contributed by atoms with Gasteiger partial charge >= 0.3 is 0 Å². The number of hydrogen-bond acceptors (Lipinski definition) is 3. The first-order valence-corrected chi connectivity index (χ1v) is 4.96. The lowest BCUT2D eigenvalue weighted by Crippen LogP contribution is -2.30. The molecule has 1 spiro atoms. The van der Waals surface area contributed by atoms with Crippen molar-refractivity contribution >= 4 is 0 Å². The normalized spacial score (nSPS) is 28.8. The minimum atomic E-state index is 0.488. The van der Waals surface area contributed by atoms with Gasteiger partial charge in [0.25, 0.3) is 0 Å². The fourth-order valence-corrected chi connectivity index (χ4v) is 2.69. The first kappa shape index (κ1) is 7.56. The molecule has 0 aromatic carbocycles. The zero-order chi connectivity index (χ0) is 8.89. The van der Waals surface area contributed by atoms with E-state index in [0.717, 1.165) is 12.2 Å². The summed E-state index contributed by atoms with van der Waals surface area (Å²) in [7, 11) is 2.03. The first-order chi connectivity index (χ1) is 6.36. The second kappa shape index (κ2) is 2.35. The Balaban J connectivity index is 2.04. The van der Waals surface area contributed by atoms with Crippen LogP contribution in [0.15, 0.2) is 10.7 Å². The topological polar surface area (TPSA) is 38.1 Å². The van der Waals surface area contributed by atoms with Gasteiger partial charge in [-0.15, -0.1) is 0 Å². The van der Waals surface area contributed by atoms with Crippen LogP contribution in [0.25, 0.3) is 0 Å². The van der Waals surface area contributed by atoms with E-state index in [1.165, 1.54) is 24.8 Å². The van der Waals surface area contributed by atoms with Crippen LogP contribution in [-0.4, -0.2) is 12.2 Å². The van der Waals surface area contributed by atoms with Gasteiger partial charge < -0.3 is 9.84 Å². The lowest BCUT2D eigenvalue weighted by atomic mass is 9.81. The van der Waals surface area contributed by atoms with Crippen molar-refractivity contribution in [2.24, 2.45) is 5.41 Å². The van der Waals surface area contributed by atoms with Gasteiger partial charge in [0.2, 0.25) is 0 Å². The zero-order valence-electron chi connectivity index (χ0n) is 7.84. The van der Waals surface area contributed by atoms with E-state index in [4.69, 9.17) is 4.52 Å². The quantitative estimate of drug-likeness (QED) is 0.710.